The quantitative estimate of drug-likeness (QED) is 0.929. The normalized spacial score (nSPS) is 13.5. The fraction of sp³-hybridized carbons (Fsp3) is 0.357. The monoisotopic (exact) mass is 300 g/mol. The van der Waals surface area contributed by atoms with Gasteiger partial charge in [0.1, 0.15) is 0 Å². The van der Waals surface area contributed by atoms with Crippen molar-refractivity contribution in [3.63, 3.8) is 0 Å². The smallest absolute Gasteiger partial charge is 0.324 e. The molecule has 0 spiro atoms. The summed E-state index contributed by atoms with van der Waals surface area (Å²) in [6.45, 7) is 3.82. The van der Waals surface area contributed by atoms with E-state index in [4.69, 9.17) is 5.73 Å². The summed E-state index contributed by atoms with van der Waals surface area (Å²) in [5.74, 6) is 0. The van der Waals surface area contributed by atoms with Crippen LogP contribution in [0.25, 0.3) is 0 Å². The molecule has 0 bridgehead atoms. The second kappa shape index (κ2) is 5.54. The number of nitrogens with zero attached hydrogens (tertiary/aromatic N) is 1. The summed E-state index contributed by atoms with van der Waals surface area (Å²) in [6.07, 6.45) is -4.07. The molecular weight excluding hydrogens is 285 g/mol. The molecule has 2 rings (SSSR count). The van der Waals surface area contributed by atoms with Crippen molar-refractivity contribution in [2.75, 3.05) is 0 Å². The summed E-state index contributed by atoms with van der Waals surface area (Å²) in [5, 5.41) is 0.768. The lowest BCUT2D eigenvalue weighted by Crippen LogP contribution is -2.19. The standard InChI is InChI=1S/C14H15F3N2S/c1-8-9(2)20-13(19-8)7-12(18)10-5-3-4-6-11(10)14(15,16)17/h3-6,12H,7,18H2,1-2H3. The average molecular weight is 300 g/mol. The second-order valence-corrected chi connectivity index (χ2v) is 5.93. The van der Waals surface area contributed by atoms with Gasteiger partial charge in [-0.3, -0.25) is 0 Å². The molecule has 0 aliphatic carbocycles. The molecule has 0 radical (unpaired) electrons. The van der Waals surface area contributed by atoms with Gasteiger partial charge in [0.05, 0.1) is 16.3 Å². The van der Waals surface area contributed by atoms with Gasteiger partial charge in [-0.1, -0.05) is 18.2 Å². The number of hydrogen-bond acceptors (Lipinski definition) is 3. The van der Waals surface area contributed by atoms with Crippen molar-refractivity contribution in [3.05, 3.63) is 51.0 Å². The van der Waals surface area contributed by atoms with E-state index in [0.29, 0.717) is 6.42 Å². The van der Waals surface area contributed by atoms with Crippen LogP contribution in [0, 0.1) is 13.8 Å². The lowest BCUT2D eigenvalue weighted by molar-refractivity contribution is -0.138. The van der Waals surface area contributed by atoms with Crippen LogP contribution in [0.1, 0.15) is 32.7 Å². The minimum absolute atomic E-state index is 0.116. The lowest BCUT2D eigenvalue weighted by Gasteiger charge is -2.17. The van der Waals surface area contributed by atoms with Crippen LogP contribution >= 0.6 is 11.3 Å². The maximum atomic E-state index is 12.9. The largest absolute Gasteiger partial charge is 0.416 e. The van der Waals surface area contributed by atoms with E-state index in [-0.39, 0.29) is 5.56 Å². The van der Waals surface area contributed by atoms with Crippen molar-refractivity contribution in [2.24, 2.45) is 5.73 Å². The number of benzene rings is 1. The van der Waals surface area contributed by atoms with Gasteiger partial charge in [0, 0.05) is 17.3 Å². The van der Waals surface area contributed by atoms with Gasteiger partial charge in [-0.05, 0) is 25.5 Å². The number of aromatic nitrogens is 1. The molecule has 1 unspecified atom stereocenters. The molecule has 1 atom stereocenters. The van der Waals surface area contributed by atoms with Crippen molar-refractivity contribution in [1.82, 2.24) is 4.98 Å². The first-order valence-corrected chi connectivity index (χ1v) is 6.95. The summed E-state index contributed by atoms with van der Waals surface area (Å²) in [5.41, 5.74) is 6.30. The second-order valence-electron chi connectivity index (χ2n) is 4.64. The van der Waals surface area contributed by atoms with E-state index in [1.807, 2.05) is 13.8 Å². The Hall–Kier alpha value is -1.40. The average Bonchev–Trinajstić information content (AvgIpc) is 2.67. The highest BCUT2D eigenvalue weighted by atomic mass is 32.1. The van der Waals surface area contributed by atoms with Crippen molar-refractivity contribution >= 4 is 11.3 Å². The molecule has 1 aromatic carbocycles. The summed E-state index contributed by atoms with van der Waals surface area (Å²) < 4.78 is 38.8. The number of nitrogens with two attached hydrogens (primary N) is 1. The van der Waals surface area contributed by atoms with Gasteiger partial charge in [-0.25, -0.2) is 4.98 Å². The van der Waals surface area contributed by atoms with E-state index in [1.165, 1.54) is 23.5 Å². The Morgan fingerprint density at radius 3 is 2.45 bits per heavy atom. The lowest BCUT2D eigenvalue weighted by atomic mass is 9.98. The van der Waals surface area contributed by atoms with Gasteiger partial charge in [0.15, 0.2) is 0 Å². The molecule has 6 heteroatoms. The van der Waals surface area contributed by atoms with Crippen LogP contribution in [0.5, 0.6) is 0 Å². The first-order valence-electron chi connectivity index (χ1n) is 6.13. The maximum absolute atomic E-state index is 12.9. The highest BCUT2D eigenvalue weighted by Gasteiger charge is 2.34. The van der Waals surface area contributed by atoms with E-state index < -0.39 is 17.8 Å². The molecule has 0 amide bonds. The van der Waals surface area contributed by atoms with E-state index in [9.17, 15) is 13.2 Å². The number of alkyl halides is 3. The van der Waals surface area contributed by atoms with Gasteiger partial charge in [-0.15, -0.1) is 11.3 Å². The van der Waals surface area contributed by atoms with Gasteiger partial charge >= 0.3 is 6.18 Å². The van der Waals surface area contributed by atoms with Crippen LogP contribution < -0.4 is 5.73 Å². The van der Waals surface area contributed by atoms with Crippen LogP contribution in [-0.2, 0) is 12.6 Å². The third-order valence-corrected chi connectivity index (χ3v) is 4.23. The molecule has 20 heavy (non-hydrogen) atoms. The molecular formula is C14H15F3N2S. The van der Waals surface area contributed by atoms with Crippen LogP contribution in [-0.4, -0.2) is 4.98 Å². The van der Waals surface area contributed by atoms with Crippen molar-refractivity contribution < 1.29 is 13.2 Å². The molecule has 2 nitrogen and oxygen atoms in total. The molecule has 0 aliphatic heterocycles. The summed E-state index contributed by atoms with van der Waals surface area (Å²) in [7, 11) is 0. The first-order chi connectivity index (χ1) is 9.29. The number of aryl methyl sites for hydroxylation is 2. The Labute approximate surface area is 119 Å². The zero-order valence-electron chi connectivity index (χ0n) is 11.2. The van der Waals surface area contributed by atoms with Crippen molar-refractivity contribution in [3.8, 4) is 0 Å². The van der Waals surface area contributed by atoms with Crippen molar-refractivity contribution in [1.29, 1.82) is 0 Å². The topological polar surface area (TPSA) is 38.9 Å². The third kappa shape index (κ3) is 3.19. The van der Waals surface area contributed by atoms with E-state index >= 15 is 0 Å². The molecule has 0 aliphatic rings. The number of rotatable bonds is 3. The highest BCUT2D eigenvalue weighted by Crippen LogP contribution is 2.35. The molecule has 108 valence electrons. The Morgan fingerprint density at radius 1 is 1.25 bits per heavy atom. The Morgan fingerprint density at radius 2 is 1.90 bits per heavy atom. The van der Waals surface area contributed by atoms with E-state index in [2.05, 4.69) is 4.98 Å². The molecule has 0 fully saturated rings. The fourth-order valence-electron chi connectivity index (χ4n) is 2.00. The van der Waals surface area contributed by atoms with Crippen LogP contribution in [0.15, 0.2) is 24.3 Å². The van der Waals surface area contributed by atoms with E-state index in [0.717, 1.165) is 21.6 Å². The van der Waals surface area contributed by atoms with Gasteiger partial charge in [0.2, 0.25) is 0 Å². The Bertz CT molecular complexity index is 585. The number of halogens is 3. The molecule has 0 saturated heterocycles. The van der Waals surface area contributed by atoms with Gasteiger partial charge in [-0.2, -0.15) is 13.2 Å². The molecule has 2 aromatic rings. The maximum Gasteiger partial charge on any atom is 0.416 e. The van der Waals surface area contributed by atoms with Crippen LogP contribution in [0.4, 0.5) is 13.2 Å². The molecule has 0 saturated carbocycles. The Kier molecular flexibility index (Phi) is 4.15. The third-order valence-electron chi connectivity index (χ3n) is 3.13. The van der Waals surface area contributed by atoms with Gasteiger partial charge < -0.3 is 5.73 Å². The summed E-state index contributed by atoms with van der Waals surface area (Å²) in [6, 6.07) is 4.73. The van der Waals surface area contributed by atoms with Crippen LogP contribution in [0.3, 0.4) is 0 Å². The van der Waals surface area contributed by atoms with E-state index in [1.54, 1.807) is 6.07 Å². The van der Waals surface area contributed by atoms with Crippen LogP contribution in [0.2, 0.25) is 0 Å². The minimum atomic E-state index is -4.39. The first kappa shape index (κ1) is 15.0. The number of thiazole rings is 1. The van der Waals surface area contributed by atoms with Gasteiger partial charge in [0.25, 0.3) is 0 Å². The highest BCUT2D eigenvalue weighted by molar-refractivity contribution is 7.11. The predicted molar refractivity (Wildman–Crippen MR) is 73.7 cm³/mol. The minimum Gasteiger partial charge on any atom is -0.324 e. The molecule has 1 aromatic heterocycles. The summed E-state index contributed by atoms with van der Waals surface area (Å²) >= 11 is 1.48. The SMILES string of the molecule is Cc1nc(CC(N)c2ccccc2C(F)(F)F)sc1C. The molecule has 2 N–H and O–H groups in total. The Balaban J connectivity index is 2.27. The zero-order valence-corrected chi connectivity index (χ0v) is 12.0. The predicted octanol–water partition coefficient (Wildman–Crippen LogP) is 4.02. The molecule has 1 heterocycles. The fourth-order valence-corrected chi connectivity index (χ4v) is 3.00. The zero-order chi connectivity index (χ0) is 14.9. The number of hydrogen-bond donors (Lipinski definition) is 1. The van der Waals surface area contributed by atoms with Crippen molar-refractivity contribution in [2.45, 2.75) is 32.5 Å². The summed E-state index contributed by atoms with van der Waals surface area (Å²) in [4.78, 5) is 5.39.